The maximum Gasteiger partial charge on any atom is 0.416 e. The number of piperidine rings is 2. The SMILES string of the molecule is Bc1cnc2c(C(=O)O)c(CN3CCC(N4CCCCC4)CC3)c(-c3cccc(C(F)(F)F)c3)nc2c1. The molecule has 4 heterocycles. The summed E-state index contributed by atoms with van der Waals surface area (Å²) < 4.78 is 40.6. The van der Waals surface area contributed by atoms with Gasteiger partial charge in [0.05, 0.1) is 22.3 Å². The molecule has 0 atom stereocenters. The highest BCUT2D eigenvalue weighted by Gasteiger charge is 2.32. The zero-order valence-corrected chi connectivity index (χ0v) is 20.9. The molecule has 1 aromatic carbocycles. The number of halogens is 3. The van der Waals surface area contributed by atoms with Crippen molar-refractivity contribution in [2.45, 2.75) is 50.9 Å². The van der Waals surface area contributed by atoms with Crippen LogP contribution in [-0.2, 0) is 12.7 Å². The largest absolute Gasteiger partial charge is 0.478 e. The number of hydrogen-bond acceptors (Lipinski definition) is 5. The molecule has 5 rings (SSSR count). The van der Waals surface area contributed by atoms with Gasteiger partial charge in [0.25, 0.3) is 0 Å². The lowest BCUT2D eigenvalue weighted by molar-refractivity contribution is -0.137. The number of carboxylic acids is 1. The molecular weight excluding hydrogens is 480 g/mol. The van der Waals surface area contributed by atoms with Crippen LogP contribution in [0.3, 0.4) is 0 Å². The van der Waals surface area contributed by atoms with Crippen LogP contribution in [0.25, 0.3) is 22.3 Å². The summed E-state index contributed by atoms with van der Waals surface area (Å²) in [6.07, 6.45) is 2.80. The Morgan fingerprint density at radius 1 is 1.08 bits per heavy atom. The van der Waals surface area contributed by atoms with Crippen LogP contribution in [0.1, 0.15) is 53.6 Å². The van der Waals surface area contributed by atoms with Crippen LogP contribution in [0.2, 0.25) is 0 Å². The van der Waals surface area contributed by atoms with Gasteiger partial charge in [-0.25, -0.2) is 9.78 Å². The van der Waals surface area contributed by atoms with E-state index >= 15 is 0 Å². The van der Waals surface area contributed by atoms with E-state index < -0.39 is 17.7 Å². The van der Waals surface area contributed by atoms with Gasteiger partial charge in [-0.3, -0.25) is 9.88 Å². The molecule has 194 valence electrons. The first-order chi connectivity index (χ1) is 17.7. The molecule has 1 N–H and O–H groups in total. The summed E-state index contributed by atoms with van der Waals surface area (Å²) >= 11 is 0. The molecule has 10 heteroatoms. The first-order valence-corrected chi connectivity index (χ1v) is 12.9. The van der Waals surface area contributed by atoms with E-state index in [1.165, 1.54) is 25.3 Å². The molecule has 2 aliphatic heterocycles. The van der Waals surface area contributed by atoms with Crippen molar-refractivity contribution >= 4 is 30.3 Å². The summed E-state index contributed by atoms with van der Waals surface area (Å²) in [7, 11) is 1.82. The lowest BCUT2D eigenvalue weighted by Gasteiger charge is -2.40. The number of aromatic nitrogens is 2. The summed E-state index contributed by atoms with van der Waals surface area (Å²) in [5.41, 5.74) is 1.55. The maximum atomic E-state index is 13.5. The predicted octanol–water partition coefficient (Wildman–Crippen LogP) is 3.72. The third kappa shape index (κ3) is 5.50. The van der Waals surface area contributed by atoms with Gasteiger partial charge in [-0.2, -0.15) is 13.2 Å². The number of hydrogen-bond donors (Lipinski definition) is 1. The van der Waals surface area contributed by atoms with Crippen LogP contribution in [0.4, 0.5) is 13.2 Å². The van der Waals surface area contributed by atoms with E-state index in [0.717, 1.165) is 56.6 Å². The number of benzene rings is 1. The smallest absolute Gasteiger partial charge is 0.416 e. The molecule has 0 spiro atoms. The average molecular weight is 510 g/mol. The highest BCUT2D eigenvalue weighted by Crippen LogP contribution is 2.35. The van der Waals surface area contributed by atoms with Gasteiger partial charge in [0.1, 0.15) is 13.4 Å². The van der Waals surface area contributed by atoms with Crippen LogP contribution >= 0.6 is 0 Å². The van der Waals surface area contributed by atoms with Crippen LogP contribution in [0.5, 0.6) is 0 Å². The molecule has 3 aromatic rings. The molecule has 0 aliphatic carbocycles. The van der Waals surface area contributed by atoms with Gasteiger partial charge < -0.3 is 10.0 Å². The molecule has 37 heavy (non-hydrogen) atoms. The van der Waals surface area contributed by atoms with Crippen molar-refractivity contribution in [2.75, 3.05) is 26.2 Å². The molecule has 0 unspecified atom stereocenters. The third-order valence-corrected chi connectivity index (χ3v) is 7.58. The number of carbonyl (C=O) groups is 1. The van der Waals surface area contributed by atoms with Crippen molar-refractivity contribution in [2.24, 2.45) is 0 Å². The Labute approximate surface area is 214 Å². The summed E-state index contributed by atoms with van der Waals surface area (Å²) in [6.45, 7) is 4.14. The van der Waals surface area contributed by atoms with Gasteiger partial charge in [0.2, 0.25) is 0 Å². The molecule has 6 nitrogen and oxygen atoms in total. The Morgan fingerprint density at radius 2 is 1.81 bits per heavy atom. The zero-order chi connectivity index (χ0) is 26.2. The number of aromatic carboxylic acids is 1. The molecule has 0 bridgehead atoms. The van der Waals surface area contributed by atoms with Crippen molar-refractivity contribution in [3.05, 3.63) is 53.2 Å². The minimum atomic E-state index is -4.52. The van der Waals surface area contributed by atoms with Crippen LogP contribution in [-0.4, -0.2) is 70.9 Å². The van der Waals surface area contributed by atoms with Crippen LogP contribution < -0.4 is 5.46 Å². The lowest BCUT2D eigenvalue weighted by Crippen LogP contribution is -2.46. The normalized spacial score (nSPS) is 18.4. The number of alkyl halides is 3. The highest BCUT2D eigenvalue weighted by molar-refractivity contribution is 6.32. The van der Waals surface area contributed by atoms with E-state index in [1.54, 1.807) is 18.3 Å². The van der Waals surface area contributed by atoms with Crippen molar-refractivity contribution in [3.8, 4) is 11.3 Å². The topological polar surface area (TPSA) is 69.6 Å². The van der Waals surface area contributed by atoms with Gasteiger partial charge in [0.15, 0.2) is 0 Å². The second-order valence-electron chi connectivity index (χ2n) is 10.2. The lowest BCUT2D eigenvalue weighted by atomic mass is 9.93. The average Bonchev–Trinajstić information content (AvgIpc) is 2.88. The highest BCUT2D eigenvalue weighted by atomic mass is 19.4. The second kappa shape index (κ2) is 10.4. The van der Waals surface area contributed by atoms with E-state index in [2.05, 4.69) is 14.8 Å². The van der Waals surface area contributed by atoms with Crippen LogP contribution in [0.15, 0.2) is 36.5 Å². The second-order valence-corrected chi connectivity index (χ2v) is 10.2. The van der Waals surface area contributed by atoms with E-state index in [1.807, 2.05) is 7.85 Å². The van der Waals surface area contributed by atoms with Crippen molar-refractivity contribution in [3.63, 3.8) is 0 Å². The number of pyridine rings is 2. The number of rotatable bonds is 5. The molecule has 0 saturated carbocycles. The first-order valence-electron chi connectivity index (χ1n) is 12.9. The molecule has 2 saturated heterocycles. The fourth-order valence-corrected chi connectivity index (χ4v) is 5.70. The van der Waals surface area contributed by atoms with Gasteiger partial charge >= 0.3 is 12.1 Å². The Bertz CT molecular complexity index is 1300. The monoisotopic (exact) mass is 510 g/mol. The Hall–Kier alpha value is -2.98. The van der Waals surface area contributed by atoms with Crippen molar-refractivity contribution in [1.82, 2.24) is 19.8 Å². The third-order valence-electron chi connectivity index (χ3n) is 7.58. The molecule has 0 radical (unpaired) electrons. The molecular formula is C27H30BF3N4O2. The summed E-state index contributed by atoms with van der Waals surface area (Å²) in [6, 6.07) is 7.21. The van der Waals surface area contributed by atoms with Gasteiger partial charge in [-0.05, 0) is 70.1 Å². The fraction of sp³-hybridized carbons (Fsp3) is 0.444. The quantitative estimate of drug-likeness (QED) is 0.528. The standard InChI is InChI=1S/C27H30BF3N4O2/c28-19-14-22-25(32-15-19)23(26(36)37)21(24(33-22)17-5-4-6-18(13-17)27(29,30)31)16-34-11-7-20(8-12-34)35-9-2-1-3-10-35/h4-6,13-15,20H,1-3,7-12,16,28H2,(H,36,37). The summed E-state index contributed by atoms with van der Waals surface area (Å²) in [5, 5.41) is 10.3. The molecule has 0 amide bonds. The predicted molar refractivity (Wildman–Crippen MR) is 139 cm³/mol. The molecule has 2 fully saturated rings. The first kappa shape index (κ1) is 25.7. The van der Waals surface area contributed by atoms with E-state index in [9.17, 15) is 23.1 Å². The van der Waals surface area contributed by atoms with Gasteiger partial charge in [-0.1, -0.05) is 24.0 Å². The molecule has 2 aromatic heterocycles. The van der Waals surface area contributed by atoms with E-state index in [-0.39, 0.29) is 22.3 Å². The van der Waals surface area contributed by atoms with Gasteiger partial charge in [0, 0.05) is 29.9 Å². The Morgan fingerprint density at radius 3 is 2.49 bits per heavy atom. The Balaban J connectivity index is 1.54. The van der Waals surface area contributed by atoms with Crippen molar-refractivity contribution in [1.29, 1.82) is 0 Å². The van der Waals surface area contributed by atoms with Crippen molar-refractivity contribution < 1.29 is 23.1 Å². The van der Waals surface area contributed by atoms with E-state index in [4.69, 9.17) is 4.98 Å². The zero-order valence-electron chi connectivity index (χ0n) is 20.9. The number of nitrogens with zero attached hydrogens (tertiary/aromatic N) is 4. The van der Waals surface area contributed by atoms with E-state index in [0.29, 0.717) is 23.7 Å². The molecule has 2 aliphatic rings. The summed E-state index contributed by atoms with van der Waals surface area (Å²) in [5.74, 6) is -1.16. The summed E-state index contributed by atoms with van der Waals surface area (Å²) in [4.78, 5) is 26.4. The minimum Gasteiger partial charge on any atom is -0.478 e. The fourth-order valence-electron chi connectivity index (χ4n) is 5.70. The minimum absolute atomic E-state index is 0.00978. The maximum absolute atomic E-state index is 13.5. The number of fused-ring (bicyclic) bond motifs is 1. The Kier molecular flexibility index (Phi) is 7.22. The number of likely N-dealkylation sites (tertiary alicyclic amines) is 2. The number of carboxylic acid groups (broad SMARTS) is 1. The van der Waals surface area contributed by atoms with Crippen LogP contribution in [0, 0.1) is 0 Å². The van der Waals surface area contributed by atoms with Gasteiger partial charge in [-0.15, -0.1) is 0 Å².